The predicted molar refractivity (Wildman–Crippen MR) is 87.1 cm³/mol. The van der Waals surface area contributed by atoms with Gasteiger partial charge in [0, 0.05) is 44.7 Å². The van der Waals surface area contributed by atoms with E-state index in [1.54, 1.807) is 0 Å². The van der Waals surface area contributed by atoms with Crippen molar-refractivity contribution < 1.29 is 0 Å². The summed E-state index contributed by atoms with van der Waals surface area (Å²) in [5.74, 6) is 3.05. The average molecular weight is 289 g/mol. The third kappa shape index (κ3) is 2.84. The molecule has 0 aromatic carbocycles. The maximum Gasteiger partial charge on any atom is 0.137 e. The largest absolute Gasteiger partial charge is 0.373 e. The molecule has 2 saturated heterocycles. The summed E-state index contributed by atoms with van der Waals surface area (Å²) in [5, 5.41) is 3.22. The molecule has 5 nitrogen and oxygen atoms in total. The fraction of sp³-hybridized carbons (Fsp3) is 0.750. The van der Waals surface area contributed by atoms with Crippen LogP contribution in [0.25, 0.3) is 0 Å². The first-order valence-electron chi connectivity index (χ1n) is 8.27. The lowest BCUT2D eigenvalue weighted by atomic mass is 10.2. The number of aryl methyl sites for hydroxylation is 1. The van der Waals surface area contributed by atoms with E-state index >= 15 is 0 Å². The minimum atomic E-state index is 0.713. The molecule has 1 atom stereocenters. The van der Waals surface area contributed by atoms with Gasteiger partial charge in [0.05, 0.1) is 0 Å². The van der Waals surface area contributed by atoms with E-state index in [1.165, 1.54) is 37.9 Å². The second kappa shape index (κ2) is 6.18. The maximum atomic E-state index is 4.84. The van der Waals surface area contributed by atoms with Crippen molar-refractivity contribution in [1.29, 1.82) is 0 Å². The van der Waals surface area contributed by atoms with Crippen LogP contribution < -0.4 is 10.2 Å². The van der Waals surface area contributed by atoms with E-state index in [1.807, 2.05) is 7.05 Å². The molecule has 5 heteroatoms. The molecule has 21 heavy (non-hydrogen) atoms. The van der Waals surface area contributed by atoms with E-state index in [4.69, 9.17) is 4.98 Å². The lowest BCUT2D eigenvalue weighted by Gasteiger charge is -2.28. The SMILES string of the molecule is CCc1nc(NC)c(C)c(N2CCCN3CCCC3C2)n1. The number of hydrogen-bond donors (Lipinski definition) is 1. The second-order valence-corrected chi connectivity index (χ2v) is 6.17. The van der Waals surface area contributed by atoms with Crippen LogP contribution in [0, 0.1) is 6.92 Å². The first-order chi connectivity index (χ1) is 10.2. The van der Waals surface area contributed by atoms with Crippen molar-refractivity contribution in [3.8, 4) is 0 Å². The van der Waals surface area contributed by atoms with Crippen LogP contribution in [-0.2, 0) is 6.42 Å². The van der Waals surface area contributed by atoms with Gasteiger partial charge in [-0.3, -0.25) is 4.90 Å². The van der Waals surface area contributed by atoms with Crippen molar-refractivity contribution in [3.63, 3.8) is 0 Å². The van der Waals surface area contributed by atoms with E-state index in [2.05, 4.69) is 33.9 Å². The zero-order valence-electron chi connectivity index (χ0n) is 13.5. The molecule has 1 aromatic heterocycles. The molecule has 1 aromatic rings. The summed E-state index contributed by atoms with van der Waals surface area (Å²) in [6.45, 7) is 9.00. The monoisotopic (exact) mass is 289 g/mol. The van der Waals surface area contributed by atoms with Crippen molar-refractivity contribution >= 4 is 11.6 Å². The molecule has 3 rings (SSSR count). The van der Waals surface area contributed by atoms with E-state index in [-0.39, 0.29) is 0 Å². The first kappa shape index (κ1) is 14.6. The highest BCUT2D eigenvalue weighted by molar-refractivity contribution is 5.58. The van der Waals surface area contributed by atoms with Gasteiger partial charge in [0.1, 0.15) is 17.5 Å². The summed E-state index contributed by atoms with van der Waals surface area (Å²) >= 11 is 0. The van der Waals surface area contributed by atoms with E-state index < -0.39 is 0 Å². The minimum absolute atomic E-state index is 0.713. The Balaban J connectivity index is 1.91. The summed E-state index contributed by atoms with van der Waals surface area (Å²) < 4.78 is 0. The lowest BCUT2D eigenvalue weighted by molar-refractivity contribution is 0.273. The molecule has 0 spiro atoms. The number of nitrogens with one attached hydrogen (secondary N) is 1. The van der Waals surface area contributed by atoms with Gasteiger partial charge in [-0.25, -0.2) is 9.97 Å². The van der Waals surface area contributed by atoms with E-state index in [0.717, 1.165) is 37.0 Å². The van der Waals surface area contributed by atoms with Gasteiger partial charge in [-0.1, -0.05) is 6.92 Å². The first-order valence-corrected chi connectivity index (χ1v) is 8.27. The molecule has 0 saturated carbocycles. The maximum absolute atomic E-state index is 4.84. The fourth-order valence-electron chi connectivity index (χ4n) is 3.66. The van der Waals surface area contributed by atoms with Crippen LogP contribution in [0.1, 0.15) is 37.6 Å². The minimum Gasteiger partial charge on any atom is -0.373 e. The van der Waals surface area contributed by atoms with Crippen LogP contribution in [-0.4, -0.2) is 54.1 Å². The number of fused-ring (bicyclic) bond motifs is 1. The smallest absolute Gasteiger partial charge is 0.137 e. The molecule has 2 aliphatic rings. The Morgan fingerprint density at radius 1 is 1.19 bits per heavy atom. The summed E-state index contributed by atoms with van der Waals surface area (Å²) in [4.78, 5) is 14.6. The van der Waals surface area contributed by atoms with Gasteiger partial charge in [0.2, 0.25) is 0 Å². The van der Waals surface area contributed by atoms with Crippen LogP contribution in [0.4, 0.5) is 11.6 Å². The summed E-state index contributed by atoms with van der Waals surface area (Å²) in [7, 11) is 1.94. The highest BCUT2D eigenvalue weighted by Crippen LogP contribution is 2.28. The van der Waals surface area contributed by atoms with Gasteiger partial charge in [-0.2, -0.15) is 0 Å². The van der Waals surface area contributed by atoms with Crippen LogP contribution in [0.3, 0.4) is 0 Å². The van der Waals surface area contributed by atoms with E-state index in [9.17, 15) is 0 Å². The van der Waals surface area contributed by atoms with Crippen molar-refractivity contribution in [2.75, 3.05) is 43.4 Å². The predicted octanol–water partition coefficient (Wildman–Crippen LogP) is 2.06. The average Bonchev–Trinajstić information content (AvgIpc) is 2.85. The zero-order valence-corrected chi connectivity index (χ0v) is 13.5. The Morgan fingerprint density at radius 3 is 2.76 bits per heavy atom. The van der Waals surface area contributed by atoms with Crippen molar-refractivity contribution in [3.05, 3.63) is 11.4 Å². The Hall–Kier alpha value is -1.36. The molecule has 1 N–H and O–H groups in total. The van der Waals surface area contributed by atoms with Gasteiger partial charge in [-0.05, 0) is 32.7 Å². The molecule has 3 heterocycles. The quantitative estimate of drug-likeness (QED) is 0.923. The number of rotatable bonds is 3. The molecule has 0 aliphatic carbocycles. The van der Waals surface area contributed by atoms with Gasteiger partial charge >= 0.3 is 0 Å². The Labute approximate surface area is 127 Å². The molecule has 116 valence electrons. The van der Waals surface area contributed by atoms with Gasteiger partial charge in [0.25, 0.3) is 0 Å². The molecule has 2 fully saturated rings. The summed E-state index contributed by atoms with van der Waals surface area (Å²) in [6.07, 6.45) is 4.80. The molecular weight excluding hydrogens is 262 g/mol. The van der Waals surface area contributed by atoms with Crippen molar-refractivity contribution in [1.82, 2.24) is 14.9 Å². The summed E-state index contributed by atoms with van der Waals surface area (Å²) in [5.41, 5.74) is 1.18. The molecule has 2 aliphatic heterocycles. The normalized spacial score (nSPS) is 23.0. The van der Waals surface area contributed by atoms with Gasteiger partial charge in [0.15, 0.2) is 0 Å². The van der Waals surface area contributed by atoms with Crippen LogP contribution in [0.2, 0.25) is 0 Å². The number of nitrogens with zero attached hydrogens (tertiary/aromatic N) is 4. The Morgan fingerprint density at radius 2 is 2.00 bits per heavy atom. The van der Waals surface area contributed by atoms with Crippen molar-refractivity contribution in [2.45, 2.75) is 45.6 Å². The van der Waals surface area contributed by atoms with Crippen molar-refractivity contribution in [2.24, 2.45) is 0 Å². The number of aromatic nitrogens is 2. The van der Waals surface area contributed by atoms with E-state index in [0.29, 0.717) is 6.04 Å². The van der Waals surface area contributed by atoms with Crippen LogP contribution in [0.5, 0.6) is 0 Å². The zero-order chi connectivity index (χ0) is 14.8. The Bertz CT molecular complexity index is 502. The number of hydrogen-bond acceptors (Lipinski definition) is 5. The Kier molecular flexibility index (Phi) is 4.29. The number of anilines is 2. The second-order valence-electron chi connectivity index (χ2n) is 6.17. The third-order valence-corrected chi connectivity index (χ3v) is 4.82. The molecule has 1 unspecified atom stereocenters. The lowest BCUT2D eigenvalue weighted by Crippen LogP contribution is -2.37. The fourth-order valence-corrected chi connectivity index (χ4v) is 3.66. The molecular formula is C16H27N5. The topological polar surface area (TPSA) is 44.3 Å². The standard InChI is InChI=1S/C16H27N5/c1-4-14-18-15(17-3)12(2)16(19-14)21-10-6-9-20-8-5-7-13(20)11-21/h13H,4-11H2,1-3H3,(H,17,18,19). The van der Waals surface area contributed by atoms with Crippen LogP contribution >= 0.6 is 0 Å². The van der Waals surface area contributed by atoms with Crippen LogP contribution in [0.15, 0.2) is 0 Å². The highest BCUT2D eigenvalue weighted by Gasteiger charge is 2.30. The third-order valence-electron chi connectivity index (χ3n) is 4.82. The highest BCUT2D eigenvalue weighted by atomic mass is 15.3. The molecule has 0 bridgehead atoms. The van der Waals surface area contributed by atoms with Gasteiger partial charge in [-0.15, -0.1) is 0 Å². The summed E-state index contributed by atoms with van der Waals surface area (Å²) in [6, 6.07) is 0.713. The molecule has 0 amide bonds. The molecule has 0 radical (unpaired) electrons. The van der Waals surface area contributed by atoms with Gasteiger partial charge < -0.3 is 10.2 Å².